The third-order valence-electron chi connectivity index (χ3n) is 7.66. The quantitative estimate of drug-likeness (QED) is 0.286. The van der Waals surface area contributed by atoms with Crippen LogP contribution in [0.25, 0.3) is 0 Å². The van der Waals surface area contributed by atoms with Crippen molar-refractivity contribution in [3.63, 3.8) is 0 Å². The first-order valence-corrected chi connectivity index (χ1v) is 14.2. The molecule has 0 spiro atoms. The number of carbonyl (C=O) groups is 2. The number of carbonyl (C=O) groups excluding carboxylic acids is 2. The third kappa shape index (κ3) is 7.63. The molecule has 4 rings (SSSR count). The summed E-state index contributed by atoms with van der Waals surface area (Å²) >= 11 is 6.43. The van der Waals surface area contributed by atoms with Crippen LogP contribution in [0.3, 0.4) is 0 Å². The normalized spacial score (nSPS) is 14.6. The van der Waals surface area contributed by atoms with E-state index in [0.29, 0.717) is 30.2 Å². The zero-order chi connectivity index (χ0) is 27.8. The van der Waals surface area contributed by atoms with Crippen LogP contribution in [0.1, 0.15) is 63.6 Å². The number of halogens is 2. The van der Waals surface area contributed by atoms with Crippen LogP contribution < -0.4 is 5.32 Å². The molecule has 1 aliphatic carbocycles. The largest absolute Gasteiger partial charge is 0.345 e. The van der Waals surface area contributed by atoms with Gasteiger partial charge in [-0.15, -0.1) is 0 Å². The van der Waals surface area contributed by atoms with Gasteiger partial charge in [-0.25, -0.2) is 9.18 Å². The van der Waals surface area contributed by atoms with Crippen LogP contribution in [0, 0.1) is 5.82 Å². The summed E-state index contributed by atoms with van der Waals surface area (Å²) in [6, 6.07) is 17.2. The van der Waals surface area contributed by atoms with Gasteiger partial charge in [0.1, 0.15) is 12.4 Å². The smallest absolute Gasteiger partial charge is 0.322 e. The van der Waals surface area contributed by atoms with E-state index < -0.39 is 11.8 Å². The summed E-state index contributed by atoms with van der Waals surface area (Å²) in [5.74, 6) is -0.510. The Hall–Kier alpha value is -3.32. The van der Waals surface area contributed by atoms with Crippen LogP contribution in [-0.2, 0) is 17.9 Å². The number of rotatable bonds is 10. The molecule has 1 aliphatic rings. The molecule has 3 aromatic rings. The molecular weight excluding hydrogens is 515 g/mol. The number of nitrogens with one attached hydrogen (secondary N) is 1. The lowest BCUT2D eigenvalue weighted by Gasteiger charge is -2.37. The summed E-state index contributed by atoms with van der Waals surface area (Å²) < 4.78 is 15.8. The number of hydrogen-bond acceptors (Lipinski definition) is 2. The molecule has 0 radical (unpaired) electrons. The highest BCUT2D eigenvalue weighted by molar-refractivity contribution is 6.31. The summed E-state index contributed by atoms with van der Waals surface area (Å²) in [5, 5.41) is 3.48. The highest BCUT2D eigenvalue weighted by Crippen LogP contribution is 2.26. The molecule has 1 N–H and O–H groups in total. The van der Waals surface area contributed by atoms with Gasteiger partial charge in [0.2, 0.25) is 5.91 Å². The van der Waals surface area contributed by atoms with Gasteiger partial charge in [-0.3, -0.25) is 4.79 Å². The molecular formula is C31H38ClFN4O2. The monoisotopic (exact) mass is 552 g/mol. The lowest BCUT2D eigenvalue weighted by atomic mass is 9.94. The molecule has 208 valence electrons. The molecule has 0 saturated heterocycles. The average molecular weight is 553 g/mol. The lowest BCUT2D eigenvalue weighted by Crippen LogP contribution is -2.50. The van der Waals surface area contributed by atoms with Gasteiger partial charge < -0.3 is 19.7 Å². The molecule has 6 nitrogen and oxygen atoms in total. The van der Waals surface area contributed by atoms with E-state index in [1.807, 2.05) is 61.3 Å². The van der Waals surface area contributed by atoms with E-state index >= 15 is 0 Å². The minimum Gasteiger partial charge on any atom is -0.345 e. The van der Waals surface area contributed by atoms with Gasteiger partial charge in [0.05, 0.1) is 6.54 Å². The highest BCUT2D eigenvalue weighted by Gasteiger charge is 2.30. The molecule has 1 aromatic heterocycles. The van der Waals surface area contributed by atoms with Crippen molar-refractivity contribution in [3.05, 3.63) is 89.0 Å². The van der Waals surface area contributed by atoms with E-state index in [1.54, 1.807) is 17.0 Å². The van der Waals surface area contributed by atoms with Gasteiger partial charge in [0.25, 0.3) is 0 Å². The summed E-state index contributed by atoms with van der Waals surface area (Å²) in [6.45, 7) is 4.94. The van der Waals surface area contributed by atoms with E-state index in [2.05, 4.69) is 9.88 Å². The van der Waals surface area contributed by atoms with Crippen molar-refractivity contribution >= 4 is 29.2 Å². The Kier molecular flexibility index (Phi) is 10.0. The van der Waals surface area contributed by atoms with Crippen LogP contribution in [-0.4, -0.2) is 44.9 Å². The Morgan fingerprint density at radius 3 is 2.56 bits per heavy atom. The molecule has 39 heavy (non-hydrogen) atoms. The minimum absolute atomic E-state index is 0.0438. The zero-order valence-corrected chi connectivity index (χ0v) is 23.5. The number of benzene rings is 2. The average Bonchev–Trinajstić information content (AvgIpc) is 3.38. The highest BCUT2D eigenvalue weighted by atomic mass is 35.5. The molecule has 1 saturated carbocycles. The Morgan fingerprint density at radius 1 is 1.08 bits per heavy atom. The first-order chi connectivity index (χ1) is 18.9. The minimum atomic E-state index is -0.428. The standard InChI is InChI=1S/C31H38ClFN4O2/c1-3-23(2)36(31(39)34-26-13-9-12-25(33)19-26)22-30(38)37(27-14-5-4-6-15-27)21-28-16-10-18-35(28)20-24-11-7-8-17-29(24)32/h7-13,16-19,23,27H,3-6,14-15,20-22H2,1-2H3,(H,34,39). The molecule has 2 aromatic carbocycles. The van der Waals surface area contributed by atoms with Crippen LogP contribution >= 0.6 is 11.6 Å². The summed E-state index contributed by atoms with van der Waals surface area (Å²) in [5.41, 5.74) is 2.40. The third-order valence-corrected chi connectivity index (χ3v) is 8.02. The predicted molar refractivity (Wildman–Crippen MR) is 154 cm³/mol. The van der Waals surface area contributed by atoms with Crippen molar-refractivity contribution in [1.82, 2.24) is 14.4 Å². The SMILES string of the molecule is CCC(C)N(CC(=O)N(Cc1cccn1Cc1ccccc1Cl)C1CCCCC1)C(=O)Nc1cccc(F)c1. The number of aromatic nitrogens is 1. The molecule has 0 aliphatic heterocycles. The van der Waals surface area contributed by atoms with Crippen molar-refractivity contribution in [2.24, 2.45) is 0 Å². The van der Waals surface area contributed by atoms with Gasteiger partial charge in [-0.2, -0.15) is 0 Å². The van der Waals surface area contributed by atoms with Crippen LogP contribution in [0.15, 0.2) is 66.9 Å². The fourth-order valence-corrected chi connectivity index (χ4v) is 5.39. The Labute approximate surface area is 235 Å². The number of amides is 3. The second-order valence-electron chi connectivity index (χ2n) is 10.4. The Bertz CT molecular complexity index is 1260. The molecule has 1 fully saturated rings. The van der Waals surface area contributed by atoms with E-state index in [-0.39, 0.29) is 24.5 Å². The van der Waals surface area contributed by atoms with Crippen LogP contribution in [0.5, 0.6) is 0 Å². The number of anilines is 1. The summed E-state index contributed by atoms with van der Waals surface area (Å²) in [4.78, 5) is 30.7. The fourth-order valence-electron chi connectivity index (χ4n) is 5.19. The molecule has 1 heterocycles. The van der Waals surface area contributed by atoms with E-state index in [0.717, 1.165) is 36.9 Å². The topological polar surface area (TPSA) is 57.6 Å². The molecule has 1 unspecified atom stereocenters. The van der Waals surface area contributed by atoms with E-state index in [4.69, 9.17) is 11.6 Å². The van der Waals surface area contributed by atoms with Crippen molar-refractivity contribution in [1.29, 1.82) is 0 Å². The van der Waals surface area contributed by atoms with Crippen molar-refractivity contribution in [2.75, 3.05) is 11.9 Å². The number of hydrogen-bond donors (Lipinski definition) is 1. The Balaban J connectivity index is 1.54. The van der Waals surface area contributed by atoms with Crippen LogP contribution in [0.4, 0.5) is 14.9 Å². The van der Waals surface area contributed by atoms with Gasteiger partial charge in [-0.1, -0.05) is 62.1 Å². The first-order valence-electron chi connectivity index (χ1n) is 13.9. The summed E-state index contributed by atoms with van der Waals surface area (Å²) in [7, 11) is 0. The molecule has 3 amide bonds. The maximum Gasteiger partial charge on any atom is 0.322 e. The van der Waals surface area contributed by atoms with Crippen molar-refractivity contribution < 1.29 is 14.0 Å². The summed E-state index contributed by atoms with van der Waals surface area (Å²) in [6.07, 6.45) is 7.96. The van der Waals surface area contributed by atoms with Gasteiger partial charge in [0.15, 0.2) is 0 Å². The van der Waals surface area contributed by atoms with Gasteiger partial charge in [0, 0.05) is 41.2 Å². The molecule has 8 heteroatoms. The van der Waals surface area contributed by atoms with Crippen molar-refractivity contribution in [3.8, 4) is 0 Å². The maximum absolute atomic E-state index is 13.9. The van der Waals surface area contributed by atoms with Crippen LogP contribution in [0.2, 0.25) is 5.02 Å². The molecule has 1 atom stereocenters. The maximum atomic E-state index is 13.9. The Morgan fingerprint density at radius 2 is 1.85 bits per heavy atom. The second kappa shape index (κ2) is 13.7. The van der Waals surface area contributed by atoms with Gasteiger partial charge >= 0.3 is 6.03 Å². The van der Waals surface area contributed by atoms with E-state index in [1.165, 1.54) is 18.6 Å². The zero-order valence-electron chi connectivity index (χ0n) is 22.8. The predicted octanol–water partition coefficient (Wildman–Crippen LogP) is 7.32. The van der Waals surface area contributed by atoms with E-state index in [9.17, 15) is 14.0 Å². The second-order valence-corrected chi connectivity index (χ2v) is 10.8. The van der Waals surface area contributed by atoms with Gasteiger partial charge in [-0.05, 0) is 68.1 Å². The first kappa shape index (κ1) is 28.7. The number of nitrogens with zero attached hydrogens (tertiary/aromatic N) is 3. The lowest BCUT2D eigenvalue weighted by molar-refractivity contribution is -0.136. The van der Waals surface area contributed by atoms with Crippen molar-refractivity contribution in [2.45, 2.75) is 77.5 Å². The molecule has 0 bridgehead atoms. The number of urea groups is 1. The fraction of sp³-hybridized carbons (Fsp3) is 0.419.